The molecule has 0 aliphatic rings. The van der Waals surface area contributed by atoms with Gasteiger partial charge >= 0.3 is 6.03 Å². The smallest absolute Gasteiger partial charge is 0.319 e. The number of benzene rings is 1. The predicted octanol–water partition coefficient (Wildman–Crippen LogP) is 2.91. The molecule has 1 aromatic carbocycles. The van der Waals surface area contributed by atoms with Gasteiger partial charge in [0, 0.05) is 11.7 Å². The highest BCUT2D eigenvalue weighted by Crippen LogP contribution is 2.15. The Balaban J connectivity index is 2.54. The first kappa shape index (κ1) is 14.5. The zero-order valence-electron chi connectivity index (χ0n) is 11.4. The lowest BCUT2D eigenvalue weighted by atomic mass is 10.1. The van der Waals surface area contributed by atoms with Gasteiger partial charge in [-0.15, -0.1) is 0 Å². The molecule has 0 aromatic heterocycles. The molecule has 4 heteroatoms. The third kappa shape index (κ3) is 4.37. The second-order valence-electron chi connectivity index (χ2n) is 4.93. The molecule has 3 N–H and O–H groups in total. The van der Waals surface area contributed by atoms with Gasteiger partial charge in [0.1, 0.15) is 0 Å². The topological polar surface area (TPSA) is 61.4 Å². The van der Waals surface area contributed by atoms with Gasteiger partial charge in [-0.1, -0.05) is 26.0 Å². The standard InChI is InChI=1S/C14H22N2O2/c1-9(2)10(3)15-14(18)16-13-7-5-12(6-8-13)11(4)17/h5-11,17H,1-4H3,(H2,15,16,18). The molecule has 0 aliphatic heterocycles. The number of nitrogens with one attached hydrogen (secondary N) is 2. The minimum atomic E-state index is -0.492. The van der Waals surface area contributed by atoms with Crippen LogP contribution in [0.5, 0.6) is 0 Å². The lowest BCUT2D eigenvalue weighted by molar-refractivity contribution is 0.199. The summed E-state index contributed by atoms with van der Waals surface area (Å²) >= 11 is 0. The molecule has 2 amide bonds. The molecular weight excluding hydrogens is 228 g/mol. The van der Waals surface area contributed by atoms with Crippen LogP contribution in [0.25, 0.3) is 0 Å². The third-order valence-corrected chi connectivity index (χ3v) is 3.01. The van der Waals surface area contributed by atoms with Gasteiger partial charge in [0.05, 0.1) is 6.10 Å². The Labute approximate surface area is 108 Å². The molecule has 4 nitrogen and oxygen atoms in total. The fourth-order valence-corrected chi connectivity index (χ4v) is 1.39. The fourth-order valence-electron chi connectivity index (χ4n) is 1.39. The van der Waals surface area contributed by atoms with Crippen LogP contribution in [0.1, 0.15) is 39.4 Å². The van der Waals surface area contributed by atoms with Crippen LogP contribution in [0.15, 0.2) is 24.3 Å². The van der Waals surface area contributed by atoms with Gasteiger partial charge in [0.25, 0.3) is 0 Å². The summed E-state index contributed by atoms with van der Waals surface area (Å²) in [6.07, 6.45) is -0.492. The second-order valence-corrected chi connectivity index (χ2v) is 4.93. The van der Waals surface area contributed by atoms with Gasteiger partial charge in [-0.05, 0) is 37.5 Å². The number of carbonyl (C=O) groups is 1. The van der Waals surface area contributed by atoms with E-state index in [1.807, 2.05) is 6.92 Å². The quantitative estimate of drug-likeness (QED) is 0.769. The van der Waals surface area contributed by atoms with Crippen LogP contribution in [0.3, 0.4) is 0 Å². The van der Waals surface area contributed by atoms with Gasteiger partial charge < -0.3 is 15.7 Å². The lowest BCUT2D eigenvalue weighted by Gasteiger charge is -2.18. The van der Waals surface area contributed by atoms with Gasteiger partial charge in [0.2, 0.25) is 0 Å². The number of urea groups is 1. The largest absolute Gasteiger partial charge is 0.389 e. The van der Waals surface area contributed by atoms with E-state index < -0.39 is 6.10 Å². The van der Waals surface area contributed by atoms with Gasteiger partial charge in [-0.25, -0.2) is 4.79 Å². The highest BCUT2D eigenvalue weighted by molar-refractivity contribution is 5.89. The predicted molar refractivity (Wildman–Crippen MR) is 73.5 cm³/mol. The molecule has 2 atom stereocenters. The van der Waals surface area contributed by atoms with Crippen molar-refractivity contribution < 1.29 is 9.90 Å². The molecule has 0 heterocycles. The maximum absolute atomic E-state index is 11.7. The zero-order chi connectivity index (χ0) is 13.7. The van der Waals surface area contributed by atoms with Crippen molar-refractivity contribution in [2.24, 2.45) is 5.92 Å². The number of rotatable bonds is 4. The van der Waals surface area contributed by atoms with Crippen molar-refractivity contribution in [1.82, 2.24) is 5.32 Å². The van der Waals surface area contributed by atoms with Crippen molar-refractivity contribution in [3.8, 4) is 0 Å². The van der Waals surface area contributed by atoms with Crippen molar-refractivity contribution in [3.63, 3.8) is 0 Å². The lowest BCUT2D eigenvalue weighted by Crippen LogP contribution is -2.38. The van der Waals surface area contributed by atoms with Crippen LogP contribution < -0.4 is 10.6 Å². The van der Waals surface area contributed by atoms with E-state index in [2.05, 4.69) is 24.5 Å². The van der Waals surface area contributed by atoms with Crippen LogP contribution in [0.4, 0.5) is 10.5 Å². The zero-order valence-corrected chi connectivity index (χ0v) is 11.4. The molecule has 2 unspecified atom stereocenters. The summed E-state index contributed by atoms with van der Waals surface area (Å²) in [5.41, 5.74) is 1.55. The molecule has 0 spiro atoms. The Kier molecular flexibility index (Phi) is 5.16. The number of hydrogen-bond donors (Lipinski definition) is 3. The summed E-state index contributed by atoms with van der Waals surface area (Å²) in [5.74, 6) is 0.397. The average molecular weight is 250 g/mol. The van der Waals surface area contributed by atoms with Crippen molar-refractivity contribution in [2.75, 3.05) is 5.32 Å². The van der Waals surface area contributed by atoms with Crippen LogP contribution in [0.2, 0.25) is 0 Å². The van der Waals surface area contributed by atoms with Crippen LogP contribution in [-0.2, 0) is 0 Å². The van der Waals surface area contributed by atoms with E-state index in [0.29, 0.717) is 11.6 Å². The molecule has 1 aromatic rings. The Morgan fingerprint density at radius 2 is 1.67 bits per heavy atom. The van der Waals surface area contributed by atoms with Crippen molar-refractivity contribution in [1.29, 1.82) is 0 Å². The van der Waals surface area contributed by atoms with Gasteiger partial charge in [-0.2, -0.15) is 0 Å². The maximum atomic E-state index is 11.7. The molecule has 100 valence electrons. The highest BCUT2D eigenvalue weighted by Gasteiger charge is 2.10. The molecule has 0 saturated heterocycles. The van der Waals surface area contributed by atoms with Crippen LogP contribution >= 0.6 is 0 Å². The van der Waals surface area contributed by atoms with Gasteiger partial charge in [0.15, 0.2) is 0 Å². The summed E-state index contributed by atoms with van der Waals surface area (Å²) in [5, 5.41) is 15.0. The van der Waals surface area contributed by atoms with Crippen molar-refractivity contribution >= 4 is 11.7 Å². The number of aliphatic hydroxyl groups excluding tert-OH is 1. The average Bonchev–Trinajstić information content (AvgIpc) is 2.29. The fraction of sp³-hybridized carbons (Fsp3) is 0.500. The molecule has 1 rings (SSSR count). The first-order valence-electron chi connectivity index (χ1n) is 6.25. The second kappa shape index (κ2) is 6.40. The Bertz CT molecular complexity index is 385. The first-order chi connectivity index (χ1) is 8.40. The first-order valence-corrected chi connectivity index (χ1v) is 6.25. The normalized spacial score (nSPS) is 14.1. The number of aliphatic hydroxyl groups is 1. The summed E-state index contributed by atoms with van der Waals surface area (Å²) in [6, 6.07) is 7.07. The summed E-state index contributed by atoms with van der Waals surface area (Å²) in [4.78, 5) is 11.7. The minimum absolute atomic E-state index is 0.127. The van der Waals surface area contributed by atoms with E-state index in [0.717, 1.165) is 5.56 Å². The summed E-state index contributed by atoms with van der Waals surface area (Å²) in [6.45, 7) is 7.80. The third-order valence-electron chi connectivity index (χ3n) is 3.01. The number of carbonyl (C=O) groups excluding carboxylic acids is 1. The van der Waals surface area contributed by atoms with E-state index in [1.54, 1.807) is 31.2 Å². The maximum Gasteiger partial charge on any atom is 0.319 e. The van der Waals surface area contributed by atoms with E-state index in [-0.39, 0.29) is 12.1 Å². The molecule has 0 radical (unpaired) electrons. The van der Waals surface area contributed by atoms with Crippen molar-refractivity contribution in [3.05, 3.63) is 29.8 Å². The monoisotopic (exact) mass is 250 g/mol. The Morgan fingerprint density at radius 1 is 1.11 bits per heavy atom. The molecular formula is C14H22N2O2. The van der Waals surface area contributed by atoms with Crippen LogP contribution in [0, 0.1) is 5.92 Å². The number of amides is 2. The van der Waals surface area contributed by atoms with E-state index in [9.17, 15) is 9.90 Å². The SMILES string of the molecule is CC(O)c1ccc(NC(=O)NC(C)C(C)C)cc1. The summed E-state index contributed by atoms with van der Waals surface area (Å²) in [7, 11) is 0. The minimum Gasteiger partial charge on any atom is -0.389 e. The molecule has 18 heavy (non-hydrogen) atoms. The molecule has 0 aliphatic carbocycles. The molecule has 0 fully saturated rings. The highest BCUT2D eigenvalue weighted by atomic mass is 16.3. The molecule has 0 saturated carbocycles. The Hall–Kier alpha value is -1.55. The van der Waals surface area contributed by atoms with E-state index in [4.69, 9.17) is 0 Å². The van der Waals surface area contributed by atoms with Crippen LogP contribution in [-0.4, -0.2) is 17.2 Å². The van der Waals surface area contributed by atoms with E-state index >= 15 is 0 Å². The number of hydrogen-bond acceptors (Lipinski definition) is 2. The Morgan fingerprint density at radius 3 is 2.11 bits per heavy atom. The number of anilines is 1. The van der Waals surface area contributed by atoms with Gasteiger partial charge in [-0.3, -0.25) is 0 Å². The van der Waals surface area contributed by atoms with Crippen molar-refractivity contribution in [2.45, 2.75) is 39.8 Å². The van der Waals surface area contributed by atoms with E-state index in [1.165, 1.54) is 0 Å². The molecule has 0 bridgehead atoms. The summed E-state index contributed by atoms with van der Waals surface area (Å²) < 4.78 is 0.